The maximum atomic E-state index is 12.2. The lowest BCUT2D eigenvalue weighted by molar-refractivity contribution is 0.254. The van der Waals surface area contributed by atoms with Gasteiger partial charge in [0.15, 0.2) is 9.84 Å². The van der Waals surface area contributed by atoms with Crippen LogP contribution >= 0.6 is 0 Å². The molecule has 1 aromatic carbocycles. The van der Waals surface area contributed by atoms with Gasteiger partial charge in [0.1, 0.15) is 17.6 Å². The van der Waals surface area contributed by atoms with Crippen LogP contribution in [0.25, 0.3) is 0 Å². The zero-order valence-corrected chi connectivity index (χ0v) is 12.2. The van der Waals surface area contributed by atoms with Crippen LogP contribution in [0.5, 0.6) is 5.75 Å². The van der Waals surface area contributed by atoms with Gasteiger partial charge in [0.2, 0.25) is 0 Å². The van der Waals surface area contributed by atoms with Crippen LogP contribution in [0.15, 0.2) is 24.3 Å². The van der Waals surface area contributed by atoms with Crippen LogP contribution in [0.1, 0.15) is 31.9 Å². The second kappa shape index (κ2) is 5.92. The van der Waals surface area contributed by atoms with Gasteiger partial charge in [-0.3, -0.25) is 0 Å². The zero-order chi connectivity index (χ0) is 13.9. The van der Waals surface area contributed by atoms with E-state index in [0.717, 1.165) is 24.3 Å². The van der Waals surface area contributed by atoms with Gasteiger partial charge in [0.05, 0.1) is 6.04 Å². The van der Waals surface area contributed by atoms with Crippen molar-refractivity contribution in [3.63, 3.8) is 0 Å². The Morgan fingerprint density at radius 3 is 2.74 bits per heavy atom. The molecule has 2 rings (SSSR count). The van der Waals surface area contributed by atoms with E-state index in [1.54, 1.807) is 6.92 Å². The number of benzene rings is 1. The number of para-hydroxylation sites is 1. The molecule has 0 radical (unpaired) electrons. The highest BCUT2D eigenvalue weighted by Gasteiger charge is 2.38. The number of fused-ring (bicyclic) bond motifs is 1. The maximum absolute atomic E-state index is 12.2. The normalized spacial score (nSPS) is 22.6. The Balaban J connectivity index is 2.37. The third kappa shape index (κ3) is 2.92. The van der Waals surface area contributed by atoms with E-state index in [-0.39, 0.29) is 18.4 Å². The minimum atomic E-state index is -3.13. The molecule has 1 aromatic rings. The van der Waals surface area contributed by atoms with E-state index in [4.69, 9.17) is 4.74 Å². The number of rotatable bonds is 5. The maximum Gasteiger partial charge on any atom is 0.158 e. The monoisotopic (exact) mass is 283 g/mol. The summed E-state index contributed by atoms with van der Waals surface area (Å²) in [6.07, 6.45) is 0.971. The fraction of sp³-hybridized carbons (Fsp3) is 0.571. The van der Waals surface area contributed by atoms with Crippen molar-refractivity contribution in [3.05, 3.63) is 29.8 Å². The predicted molar refractivity (Wildman–Crippen MR) is 76.2 cm³/mol. The van der Waals surface area contributed by atoms with E-state index < -0.39 is 15.1 Å². The van der Waals surface area contributed by atoms with Gasteiger partial charge in [0, 0.05) is 11.3 Å². The lowest BCUT2D eigenvalue weighted by Crippen LogP contribution is -2.44. The summed E-state index contributed by atoms with van der Waals surface area (Å²) in [5.74, 6) is 0.937. The summed E-state index contributed by atoms with van der Waals surface area (Å²) in [6.45, 7) is 4.79. The van der Waals surface area contributed by atoms with Gasteiger partial charge in [-0.1, -0.05) is 32.0 Å². The molecule has 1 aliphatic heterocycles. The van der Waals surface area contributed by atoms with Gasteiger partial charge in [-0.15, -0.1) is 0 Å². The average Bonchev–Trinajstić information content (AvgIpc) is 2.44. The van der Waals surface area contributed by atoms with E-state index in [9.17, 15) is 8.42 Å². The molecule has 5 heteroatoms. The van der Waals surface area contributed by atoms with Crippen LogP contribution < -0.4 is 10.1 Å². The Hall–Kier alpha value is -1.07. The molecule has 1 N–H and O–H groups in total. The minimum Gasteiger partial charge on any atom is -0.492 e. The van der Waals surface area contributed by atoms with Crippen molar-refractivity contribution in [3.8, 4) is 5.75 Å². The molecule has 0 spiro atoms. The highest BCUT2D eigenvalue weighted by Crippen LogP contribution is 2.35. The predicted octanol–water partition coefficient (Wildman–Crippen LogP) is 1.92. The van der Waals surface area contributed by atoms with E-state index in [1.807, 2.05) is 24.3 Å². The molecule has 2 atom stereocenters. The summed E-state index contributed by atoms with van der Waals surface area (Å²) in [5, 5.41) is 2.86. The molecule has 0 amide bonds. The molecule has 1 aliphatic rings. The van der Waals surface area contributed by atoms with Crippen LogP contribution in [0.2, 0.25) is 0 Å². The van der Waals surface area contributed by atoms with Crippen molar-refractivity contribution in [1.82, 2.24) is 5.32 Å². The standard InChI is InChI=1S/C14H21NO3S/c1-3-9-15-14-11-7-5-6-8-12(11)18-10-13(14)19(16,17)4-2/h5-8,13-15H,3-4,9-10H2,1-2H3. The molecule has 19 heavy (non-hydrogen) atoms. The van der Waals surface area contributed by atoms with E-state index >= 15 is 0 Å². The minimum absolute atomic E-state index is 0.146. The summed E-state index contributed by atoms with van der Waals surface area (Å²) in [5.41, 5.74) is 0.948. The van der Waals surface area contributed by atoms with Crippen molar-refractivity contribution < 1.29 is 13.2 Å². The van der Waals surface area contributed by atoms with Gasteiger partial charge in [-0.25, -0.2) is 8.42 Å². The lowest BCUT2D eigenvalue weighted by atomic mass is 10.00. The van der Waals surface area contributed by atoms with Crippen LogP contribution in [0.4, 0.5) is 0 Å². The molecule has 0 saturated heterocycles. The van der Waals surface area contributed by atoms with Crippen LogP contribution in [-0.2, 0) is 9.84 Å². The number of hydrogen-bond donors (Lipinski definition) is 1. The SMILES string of the molecule is CCCNC1c2ccccc2OCC1S(=O)(=O)CC. The Bertz CT molecular complexity index is 527. The van der Waals surface area contributed by atoms with E-state index in [2.05, 4.69) is 12.2 Å². The second-order valence-electron chi connectivity index (χ2n) is 4.77. The van der Waals surface area contributed by atoms with Crippen molar-refractivity contribution in [2.75, 3.05) is 18.9 Å². The molecular weight excluding hydrogens is 262 g/mol. The molecule has 0 bridgehead atoms. The third-order valence-electron chi connectivity index (χ3n) is 3.51. The fourth-order valence-corrected chi connectivity index (χ4v) is 3.76. The zero-order valence-electron chi connectivity index (χ0n) is 11.4. The first kappa shape index (κ1) is 14.3. The number of sulfone groups is 1. The Morgan fingerprint density at radius 2 is 2.05 bits per heavy atom. The first-order chi connectivity index (χ1) is 9.10. The Labute approximate surface area is 115 Å². The summed E-state index contributed by atoms with van der Waals surface area (Å²) < 4.78 is 30.1. The highest BCUT2D eigenvalue weighted by atomic mass is 32.2. The van der Waals surface area contributed by atoms with E-state index in [0.29, 0.717) is 0 Å². The van der Waals surface area contributed by atoms with Crippen molar-refractivity contribution in [2.45, 2.75) is 31.6 Å². The van der Waals surface area contributed by atoms with Gasteiger partial charge < -0.3 is 10.1 Å². The first-order valence-corrected chi connectivity index (χ1v) is 8.48. The molecule has 0 aromatic heterocycles. The van der Waals surface area contributed by atoms with Gasteiger partial charge >= 0.3 is 0 Å². The highest BCUT2D eigenvalue weighted by molar-refractivity contribution is 7.92. The molecule has 0 saturated carbocycles. The Kier molecular flexibility index (Phi) is 4.47. The Morgan fingerprint density at radius 1 is 1.32 bits per heavy atom. The second-order valence-corrected chi connectivity index (χ2v) is 7.28. The number of hydrogen-bond acceptors (Lipinski definition) is 4. The number of ether oxygens (including phenoxy) is 1. The van der Waals surface area contributed by atoms with Crippen molar-refractivity contribution >= 4 is 9.84 Å². The summed E-state index contributed by atoms with van der Waals surface area (Å²) >= 11 is 0. The molecule has 2 unspecified atom stereocenters. The average molecular weight is 283 g/mol. The van der Waals surface area contributed by atoms with Crippen LogP contribution in [0, 0.1) is 0 Å². The molecular formula is C14H21NO3S. The number of nitrogens with one attached hydrogen (secondary N) is 1. The molecule has 106 valence electrons. The van der Waals surface area contributed by atoms with Gasteiger partial charge in [0.25, 0.3) is 0 Å². The summed E-state index contributed by atoms with van der Waals surface area (Å²) in [4.78, 5) is 0. The quantitative estimate of drug-likeness (QED) is 0.897. The van der Waals surface area contributed by atoms with Crippen molar-refractivity contribution in [2.24, 2.45) is 0 Å². The molecule has 0 fully saturated rings. The largest absolute Gasteiger partial charge is 0.492 e. The topological polar surface area (TPSA) is 55.4 Å². The van der Waals surface area contributed by atoms with Crippen LogP contribution in [-0.4, -0.2) is 32.6 Å². The fourth-order valence-electron chi connectivity index (χ4n) is 2.40. The summed E-state index contributed by atoms with van der Waals surface area (Å²) in [6, 6.07) is 7.49. The summed E-state index contributed by atoms with van der Waals surface area (Å²) in [7, 11) is -3.13. The van der Waals surface area contributed by atoms with Gasteiger partial charge in [-0.05, 0) is 19.0 Å². The molecule has 0 aliphatic carbocycles. The smallest absolute Gasteiger partial charge is 0.158 e. The van der Waals surface area contributed by atoms with Gasteiger partial charge in [-0.2, -0.15) is 0 Å². The molecule has 4 nitrogen and oxygen atoms in total. The van der Waals surface area contributed by atoms with Crippen molar-refractivity contribution in [1.29, 1.82) is 0 Å². The molecule has 1 heterocycles. The van der Waals surface area contributed by atoms with E-state index in [1.165, 1.54) is 0 Å². The first-order valence-electron chi connectivity index (χ1n) is 6.76. The third-order valence-corrected chi connectivity index (χ3v) is 5.64. The lowest BCUT2D eigenvalue weighted by Gasteiger charge is -2.33. The van der Waals surface area contributed by atoms with Crippen LogP contribution in [0.3, 0.4) is 0 Å².